The second-order valence-corrected chi connectivity index (χ2v) is 10.1. The van der Waals surface area contributed by atoms with Crippen LogP contribution >= 0.6 is 22.7 Å². The Bertz CT molecular complexity index is 1480. The minimum atomic E-state index is -0.503. The molecule has 0 bridgehead atoms. The van der Waals surface area contributed by atoms with Crippen LogP contribution in [0.4, 0.5) is 5.69 Å². The number of aryl methyl sites for hydroxylation is 3. The number of carbonyl (C=O) groups is 2. The third-order valence-corrected chi connectivity index (χ3v) is 7.84. The number of fused-ring (bicyclic) bond motifs is 2. The smallest absolute Gasteiger partial charge is 0.349 e. The van der Waals surface area contributed by atoms with Gasteiger partial charge in [0.15, 0.2) is 0 Å². The van der Waals surface area contributed by atoms with Crippen LogP contribution in [-0.2, 0) is 35.5 Å². The van der Waals surface area contributed by atoms with Crippen molar-refractivity contribution in [3.63, 3.8) is 0 Å². The highest BCUT2D eigenvalue weighted by Gasteiger charge is 2.24. The lowest BCUT2D eigenvalue weighted by Gasteiger charge is -2.06. The minimum absolute atomic E-state index is 0.00859. The van der Waals surface area contributed by atoms with Gasteiger partial charge < -0.3 is 10.1 Å². The molecule has 1 N–H and O–H groups in total. The number of hydrogen-bond donors (Lipinski definition) is 1. The average Bonchev–Trinajstić information content (AvgIpc) is 3.53. The molecule has 1 aliphatic heterocycles. The lowest BCUT2D eigenvalue weighted by atomic mass is 10.2. The number of aromatic nitrogens is 3. The number of esters is 1. The van der Waals surface area contributed by atoms with E-state index in [2.05, 4.69) is 15.3 Å². The van der Waals surface area contributed by atoms with Gasteiger partial charge in [-0.15, -0.1) is 22.7 Å². The number of amides is 1. The maximum absolute atomic E-state index is 12.8. The Hall–Kier alpha value is -3.37. The molecule has 1 aromatic carbocycles. The minimum Gasteiger partial charge on any atom is -0.455 e. The van der Waals surface area contributed by atoms with Gasteiger partial charge in [-0.25, -0.2) is 14.8 Å². The molecule has 4 aromatic rings. The number of thiazole rings is 1. The molecule has 0 saturated heterocycles. The standard InChI is InChI=1S/C24H22N4O4S2/c1-13-6-3-4-7-16(13)26-18(29)10-19-25-15(12-33-19)11-32-24(31)21-14(2)20-22(34-21)27-17-8-5-9-28(17)23(20)30/h3-4,6-7,12H,5,8-11H2,1-2H3,(H,26,29). The Labute approximate surface area is 203 Å². The monoisotopic (exact) mass is 494 g/mol. The number of nitrogens with zero attached hydrogens (tertiary/aromatic N) is 3. The van der Waals surface area contributed by atoms with E-state index in [0.717, 1.165) is 29.9 Å². The molecular weight excluding hydrogens is 472 g/mol. The lowest BCUT2D eigenvalue weighted by molar-refractivity contribution is -0.115. The van der Waals surface area contributed by atoms with Crippen molar-refractivity contribution >= 4 is 50.5 Å². The summed E-state index contributed by atoms with van der Waals surface area (Å²) in [6, 6.07) is 7.58. The largest absolute Gasteiger partial charge is 0.455 e. The van der Waals surface area contributed by atoms with Crippen LogP contribution < -0.4 is 10.9 Å². The molecule has 1 amide bonds. The summed E-state index contributed by atoms with van der Waals surface area (Å²) >= 11 is 2.54. The number of ether oxygens (including phenoxy) is 1. The van der Waals surface area contributed by atoms with Crippen molar-refractivity contribution in [3.8, 4) is 0 Å². The van der Waals surface area contributed by atoms with Crippen LogP contribution in [0, 0.1) is 13.8 Å². The fraction of sp³-hybridized carbons (Fsp3) is 0.292. The van der Waals surface area contributed by atoms with E-state index in [1.165, 1.54) is 22.7 Å². The predicted molar refractivity (Wildman–Crippen MR) is 132 cm³/mol. The number of thiophene rings is 1. The van der Waals surface area contributed by atoms with E-state index < -0.39 is 5.97 Å². The Kier molecular flexibility index (Phi) is 6.01. The van der Waals surface area contributed by atoms with E-state index >= 15 is 0 Å². The number of benzene rings is 1. The Balaban J connectivity index is 1.23. The summed E-state index contributed by atoms with van der Waals surface area (Å²) in [5.41, 5.74) is 2.86. The maximum atomic E-state index is 12.8. The molecule has 3 aromatic heterocycles. The maximum Gasteiger partial charge on any atom is 0.349 e. The van der Waals surface area contributed by atoms with Crippen LogP contribution in [-0.4, -0.2) is 26.4 Å². The summed E-state index contributed by atoms with van der Waals surface area (Å²) in [6.45, 7) is 4.35. The number of para-hydroxylation sites is 1. The molecule has 0 spiro atoms. The zero-order chi connectivity index (χ0) is 23.8. The zero-order valence-corrected chi connectivity index (χ0v) is 20.3. The predicted octanol–water partition coefficient (Wildman–Crippen LogP) is 4.02. The highest BCUT2D eigenvalue weighted by atomic mass is 32.1. The lowest BCUT2D eigenvalue weighted by Crippen LogP contribution is -2.20. The van der Waals surface area contributed by atoms with Crippen molar-refractivity contribution in [2.75, 3.05) is 5.32 Å². The van der Waals surface area contributed by atoms with Crippen LogP contribution in [0.3, 0.4) is 0 Å². The van der Waals surface area contributed by atoms with Gasteiger partial charge >= 0.3 is 5.97 Å². The van der Waals surface area contributed by atoms with Crippen molar-refractivity contribution in [1.82, 2.24) is 14.5 Å². The van der Waals surface area contributed by atoms with Gasteiger partial charge in [-0.3, -0.25) is 14.2 Å². The molecule has 0 atom stereocenters. The average molecular weight is 495 g/mol. The molecule has 1 aliphatic rings. The Morgan fingerprint density at radius 2 is 2.03 bits per heavy atom. The third-order valence-electron chi connectivity index (χ3n) is 5.78. The molecule has 0 fully saturated rings. The second-order valence-electron chi connectivity index (χ2n) is 8.17. The molecule has 4 heterocycles. The molecule has 0 radical (unpaired) electrons. The van der Waals surface area contributed by atoms with Gasteiger partial charge in [0.1, 0.15) is 27.1 Å². The van der Waals surface area contributed by atoms with Gasteiger partial charge in [0, 0.05) is 24.0 Å². The first-order valence-corrected chi connectivity index (χ1v) is 12.6. The van der Waals surface area contributed by atoms with Crippen molar-refractivity contribution < 1.29 is 14.3 Å². The highest BCUT2D eigenvalue weighted by molar-refractivity contribution is 7.20. The van der Waals surface area contributed by atoms with Crippen molar-refractivity contribution in [3.05, 3.63) is 72.5 Å². The van der Waals surface area contributed by atoms with E-state index in [-0.39, 0.29) is 24.5 Å². The molecule has 0 unspecified atom stereocenters. The van der Waals surface area contributed by atoms with Crippen LogP contribution in [0.1, 0.15) is 43.7 Å². The van der Waals surface area contributed by atoms with Gasteiger partial charge in [0.05, 0.1) is 17.5 Å². The highest BCUT2D eigenvalue weighted by Crippen LogP contribution is 2.29. The van der Waals surface area contributed by atoms with Crippen LogP contribution in [0.5, 0.6) is 0 Å². The number of rotatable bonds is 6. The second kappa shape index (κ2) is 9.11. The number of carbonyl (C=O) groups excluding carboxylic acids is 2. The number of hydrogen-bond acceptors (Lipinski definition) is 8. The van der Waals surface area contributed by atoms with Crippen LogP contribution in [0.25, 0.3) is 10.2 Å². The molecule has 0 aliphatic carbocycles. The molecule has 8 nitrogen and oxygen atoms in total. The summed E-state index contributed by atoms with van der Waals surface area (Å²) in [7, 11) is 0. The van der Waals surface area contributed by atoms with Crippen molar-refractivity contribution in [2.24, 2.45) is 0 Å². The van der Waals surface area contributed by atoms with Crippen LogP contribution in [0.15, 0.2) is 34.4 Å². The van der Waals surface area contributed by atoms with E-state index in [4.69, 9.17) is 4.74 Å². The molecule has 174 valence electrons. The van der Waals surface area contributed by atoms with Crippen LogP contribution in [0.2, 0.25) is 0 Å². The topological polar surface area (TPSA) is 103 Å². The first-order valence-electron chi connectivity index (χ1n) is 10.9. The molecular formula is C24H22N4O4S2. The Morgan fingerprint density at radius 3 is 2.85 bits per heavy atom. The summed E-state index contributed by atoms with van der Waals surface area (Å²) in [6.07, 6.45) is 1.83. The zero-order valence-electron chi connectivity index (χ0n) is 18.7. The summed E-state index contributed by atoms with van der Waals surface area (Å²) < 4.78 is 7.17. The van der Waals surface area contributed by atoms with E-state index in [1.54, 1.807) is 16.9 Å². The van der Waals surface area contributed by atoms with Crippen molar-refractivity contribution in [1.29, 1.82) is 0 Å². The molecule has 34 heavy (non-hydrogen) atoms. The first kappa shape index (κ1) is 22.4. The van der Waals surface area contributed by atoms with Gasteiger partial charge in [-0.05, 0) is 37.5 Å². The molecule has 5 rings (SSSR count). The van der Waals surface area contributed by atoms with E-state index in [0.29, 0.717) is 37.9 Å². The molecule has 10 heteroatoms. The normalized spacial score (nSPS) is 12.6. The van der Waals surface area contributed by atoms with Gasteiger partial charge in [0.2, 0.25) is 5.91 Å². The fourth-order valence-corrected chi connectivity index (χ4v) is 5.88. The quantitative estimate of drug-likeness (QED) is 0.406. The summed E-state index contributed by atoms with van der Waals surface area (Å²) in [4.78, 5) is 47.9. The van der Waals surface area contributed by atoms with Gasteiger partial charge in [-0.1, -0.05) is 18.2 Å². The molecule has 0 saturated carbocycles. The summed E-state index contributed by atoms with van der Waals surface area (Å²) in [5.74, 6) is 0.121. The Morgan fingerprint density at radius 1 is 1.21 bits per heavy atom. The van der Waals surface area contributed by atoms with Gasteiger partial charge in [0.25, 0.3) is 5.56 Å². The van der Waals surface area contributed by atoms with Gasteiger partial charge in [-0.2, -0.15) is 0 Å². The van der Waals surface area contributed by atoms with E-state index in [1.807, 2.05) is 31.2 Å². The fourth-order valence-electron chi connectivity index (χ4n) is 4.02. The van der Waals surface area contributed by atoms with Crippen molar-refractivity contribution in [2.45, 2.75) is 46.3 Å². The van der Waals surface area contributed by atoms with E-state index in [9.17, 15) is 14.4 Å². The summed E-state index contributed by atoms with van der Waals surface area (Å²) in [5, 5.41) is 5.81. The third kappa shape index (κ3) is 4.26. The number of anilines is 1. The first-order chi connectivity index (χ1) is 16.4. The number of nitrogens with one attached hydrogen (secondary N) is 1. The SMILES string of the molecule is Cc1ccccc1NC(=O)Cc1nc(COC(=O)c2sc3nc4n(c(=O)c3c2C)CCC4)cs1.